The summed E-state index contributed by atoms with van der Waals surface area (Å²) in [5.74, 6) is -0.125. The molecule has 5 rings (SSSR count). The van der Waals surface area contributed by atoms with Crippen LogP contribution in [0.1, 0.15) is 19.3 Å². The molecule has 0 unspecified atom stereocenters. The van der Waals surface area contributed by atoms with E-state index in [4.69, 9.17) is 10.2 Å². The Morgan fingerprint density at radius 3 is 2.60 bits per heavy atom. The van der Waals surface area contributed by atoms with E-state index in [-0.39, 0.29) is 11.3 Å². The van der Waals surface area contributed by atoms with Gasteiger partial charge in [-0.2, -0.15) is 0 Å². The fraction of sp³-hybridized carbons (Fsp3) is 0.500. The van der Waals surface area contributed by atoms with E-state index < -0.39 is 17.9 Å². The molecule has 3 heterocycles. The van der Waals surface area contributed by atoms with E-state index in [0.717, 1.165) is 36.1 Å². The van der Waals surface area contributed by atoms with Crippen LogP contribution in [-0.4, -0.2) is 65.7 Å². The zero-order valence-electron chi connectivity index (χ0n) is 16.9. The Balaban J connectivity index is 1.25. The Bertz CT molecular complexity index is 968. The van der Waals surface area contributed by atoms with E-state index in [9.17, 15) is 9.59 Å². The number of carbonyl (C=O) groups is 2. The largest absolute Gasteiger partial charge is 0.353 e. The van der Waals surface area contributed by atoms with Gasteiger partial charge in [0, 0.05) is 38.1 Å². The van der Waals surface area contributed by atoms with Gasteiger partial charge >= 0.3 is 0 Å². The van der Waals surface area contributed by atoms with E-state index >= 15 is 0 Å². The molecule has 1 aromatic heterocycles. The van der Waals surface area contributed by atoms with Crippen molar-refractivity contribution in [1.82, 2.24) is 20.7 Å². The molecule has 1 saturated carbocycles. The summed E-state index contributed by atoms with van der Waals surface area (Å²) >= 11 is 0. The van der Waals surface area contributed by atoms with Crippen molar-refractivity contribution in [1.29, 1.82) is 0 Å². The number of aromatic nitrogens is 1. The first-order valence-corrected chi connectivity index (χ1v) is 10.7. The highest BCUT2D eigenvalue weighted by atomic mass is 16.5. The summed E-state index contributed by atoms with van der Waals surface area (Å²) in [4.78, 5) is 34.2. The Labute approximate surface area is 175 Å². The van der Waals surface area contributed by atoms with Gasteiger partial charge in [0.05, 0.1) is 17.5 Å². The number of nitrogens with zero attached hydrogens (tertiary/aromatic N) is 3. The molecule has 158 valence electrons. The smallest absolute Gasteiger partial charge is 0.248 e. The fourth-order valence-electron chi connectivity index (χ4n) is 4.85. The van der Waals surface area contributed by atoms with E-state index in [1.54, 1.807) is 5.48 Å². The predicted octanol–water partition coefficient (Wildman–Crippen LogP) is 1.15. The summed E-state index contributed by atoms with van der Waals surface area (Å²) < 4.78 is 0. The average Bonchev–Trinajstić information content (AvgIpc) is 3.56. The third kappa shape index (κ3) is 3.50. The molecule has 2 saturated heterocycles. The standard InChI is InChI=1S/C22H27N5O3/c28-20(25-30)16-13-22(7-8-22)14-23-19(16)21(29)27-11-9-26(10-12-27)18-6-5-15-3-1-2-4-17(15)24-18/h1-6,16,19,23,30H,7-14H2,(H,25,28)/t16-,19-/m0/s1. The Morgan fingerprint density at radius 2 is 1.87 bits per heavy atom. The molecule has 2 atom stereocenters. The number of para-hydroxylation sites is 1. The molecule has 30 heavy (non-hydrogen) atoms. The van der Waals surface area contributed by atoms with Gasteiger partial charge in [-0.3, -0.25) is 14.8 Å². The van der Waals surface area contributed by atoms with Crippen LogP contribution in [-0.2, 0) is 9.59 Å². The number of hydrogen-bond donors (Lipinski definition) is 3. The van der Waals surface area contributed by atoms with Crippen molar-refractivity contribution in [2.75, 3.05) is 37.6 Å². The Hall–Kier alpha value is -2.71. The first kappa shape index (κ1) is 19.3. The molecule has 1 spiro atoms. The maximum atomic E-state index is 13.2. The van der Waals surface area contributed by atoms with Crippen molar-refractivity contribution in [2.45, 2.75) is 25.3 Å². The predicted molar refractivity (Wildman–Crippen MR) is 112 cm³/mol. The lowest BCUT2D eigenvalue weighted by molar-refractivity contribution is -0.145. The van der Waals surface area contributed by atoms with Gasteiger partial charge < -0.3 is 15.1 Å². The number of rotatable bonds is 3. The summed E-state index contributed by atoms with van der Waals surface area (Å²) in [6, 6.07) is 11.6. The number of piperidine rings is 1. The molecule has 0 radical (unpaired) electrons. The summed E-state index contributed by atoms with van der Waals surface area (Å²) in [5, 5.41) is 13.6. The lowest BCUT2D eigenvalue weighted by Gasteiger charge is -2.41. The number of fused-ring (bicyclic) bond motifs is 1. The normalized spacial score (nSPS) is 25.4. The minimum absolute atomic E-state index is 0.0507. The second-order valence-electron chi connectivity index (χ2n) is 8.82. The summed E-state index contributed by atoms with van der Waals surface area (Å²) in [5.41, 5.74) is 2.86. The lowest BCUT2D eigenvalue weighted by Crippen LogP contribution is -2.61. The van der Waals surface area contributed by atoms with Crippen LogP contribution in [0.5, 0.6) is 0 Å². The first-order chi connectivity index (χ1) is 14.6. The van der Waals surface area contributed by atoms with Crippen molar-refractivity contribution in [2.24, 2.45) is 11.3 Å². The summed E-state index contributed by atoms with van der Waals surface area (Å²) in [6.07, 6.45) is 2.81. The molecule has 3 N–H and O–H groups in total. The van der Waals surface area contributed by atoms with Gasteiger partial charge in [-0.05, 0) is 42.9 Å². The summed E-state index contributed by atoms with van der Waals surface area (Å²) in [6.45, 7) is 3.34. The number of pyridine rings is 1. The molecule has 1 aliphatic carbocycles. The van der Waals surface area contributed by atoms with Crippen molar-refractivity contribution < 1.29 is 14.8 Å². The molecule has 2 amide bonds. The van der Waals surface area contributed by atoms with Crippen LogP contribution in [0.2, 0.25) is 0 Å². The van der Waals surface area contributed by atoms with Gasteiger partial charge in [0.2, 0.25) is 11.8 Å². The van der Waals surface area contributed by atoms with E-state index in [2.05, 4.69) is 16.3 Å². The maximum absolute atomic E-state index is 13.2. The molecule has 0 bridgehead atoms. The molecule has 3 aliphatic rings. The number of piperazine rings is 1. The number of hydroxylamine groups is 1. The minimum Gasteiger partial charge on any atom is -0.353 e. The quantitative estimate of drug-likeness (QED) is 0.520. The van der Waals surface area contributed by atoms with Crippen LogP contribution in [0.25, 0.3) is 10.9 Å². The van der Waals surface area contributed by atoms with E-state index in [1.165, 1.54) is 0 Å². The summed E-state index contributed by atoms with van der Waals surface area (Å²) in [7, 11) is 0. The topological polar surface area (TPSA) is 97.8 Å². The second kappa shape index (κ2) is 7.52. The number of hydrogen-bond acceptors (Lipinski definition) is 6. The molecule has 1 aromatic carbocycles. The Kier molecular flexibility index (Phi) is 4.83. The van der Waals surface area contributed by atoms with Crippen LogP contribution in [0.4, 0.5) is 5.82 Å². The van der Waals surface area contributed by atoms with Gasteiger partial charge in [0.15, 0.2) is 0 Å². The fourth-order valence-corrected chi connectivity index (χ4v) is 4.85. The van der Waals surface area contributed by atoms with Crippen molar-refractivity contribution in [3.8, 4) is 0 Å². The maximum Gasteiger partial charge on any atom is 0.248 e. The molecule has 8 heteroatoms. The molecule has 8 nitrogen and oxygen atoms in total. The third-order valence-corrected chi connectivity index (χ3v) is 6.92. The molecular formula is C22H27N5O3. The van der Waals surface area contributed by atoms with Crippen molar-refractivity contribution >= 4 is 28.5 Å². The number of carbonyl (C=O) groups excluding carboxylic acids is 2. The molecule has 2 aromatic rings. The van der Waals surface area contributed by atoms with Crippen LogP contribution < -0.4 is 15.7 Å². The highest BCUT2D eigenvalue weighted by molar-refractivity contribution is 5.90. The number of amides is 2. The third-order valence-electron chi connectivity index (χ3n) is 6.92. The average molecular weight is 409 g/mol. The number of benzene rings is 1. The van der Waals surface area contributed by atoms with Gasteiger partial charge in [-0.25, -0.2) is 10.5 Å². The highest BCUT2D eigenvalue weighted by Gasteiger charge is 2.52. The SMILES string of the molecule is O=C(NO)[C@H]1CC2(CC2)CN[C@@H]1C(=O)N1CCN(c2ccc3ccccc3n2)CC1. The van der Waals surface area contributed by atoms with Crippen LogP contribution >= 0.6 is 0 Å². The number of nitrogens with one attached hydrogen (secondary N) is 2. The molecular weight excluding hydrogens is 382 g/mol. The van der Waals surface area contributed by atoms with Crippen LogP contribution in [0.15, 0.2) is 36.4 Å². The molecule has 3 fully saturated rings. The molecule has 2 aliphatic heterocycles. The zero-order valence-corrected chi connectivity index (χ0v) is 16.9. The van der Waals surface area contributed by atoms with Gasteiger partial charge in [-0.15, -0.1) is 0 Å². The second-order valence-corrected chi connectivity index (χ2v) is 8.82. The van der Waals surface area contributed by atoms with E-state index in [1.807, 2.05) is 35.2 Å². The van der Waals surface area contributed by atoms with E-state index in [0.29, 0.717) is 32.6 Å². The van der Waals surface area contributed by atoms with Crippen LogP contribution in [0, 0.1) is 11.3 Å². The number of anilines is 1. The minimum atomic E-state index is -0.575. The van der Waals surface area contributed by atoms with Crippen molar-refractivity contribution in [3.05, 3.63) is 36.4 Å². The van der Waals surface area contributed by atoms with Gasteiger partial charge in [-0.1, -0.05) is 18.2 Å². The lowest BCUT2D eigenvalue weighted by atomic mass is 9.81. The highest BCUT2D eigenvalue weighted by Crippen LogP contribution is 2.52. The first-order valence-electron chi connectivity index (χ1n) is 10.7. The van der Waals surface area contributed by atoms with Gasteiger partial charge in [0.1, 0.15) is 5.82 Å². The zero-order chi connectivity index (χ0) is 20.7. The van der Waals surface area contributed by atoms with Gasteiger partial charge in [0.25, 0.3) is 0 Å². The van der Waals surface area contributed by atoms with Crippen molar-refractivity contribution in [3.63, 3.8) is 0 Å². The Morgan fingerprint density at radius 1 is 1.10 bits per heavy atom. The monoisotopic (exact) mass is 409 g/mol. The van der Waals surface area contributed by atoms with Crippen LogP contribution in [0.3, 0.4) is 0 Å².